The van der Waals surface area contributed by atoms with Crippen molar-refractivity contribution in [3.05, 3.63) is 95.5 Å². The van der Waals surface area contributed by atoms with E-state index in [1.165, 1.54) is 0 Å². The van der Waals surface area contributed by atoms with Crippen LogP contribution in [0, 0.1) is 6.92 Å². The molecule has 0 spiro atoms. The van der Waals surface area contributed by atoms with E-state index in [0.717, 1.165) is 39.5 Å². The summed E-state index contributed by atoms with van der Waals surface area (Å²) in [7, 11) is 0. The molecule has 5 rings (SSSR count). The van der Waals surface area contributed by atoms with Gasteiger partial charge < -0.3 is 10.6 Å². The fraction of sp³-hybridized carbons (Fsp3) is 0.125. The molecule has 2 N–H and O–H groups in total. The quantitative estimate of drug-likeness (QED) is 0.529. The summed E-state index contributed by atoms with van der Waals surface area (Å²) in [6, 6.07) is 19.3. The molecule has 6 heteroatoms. The van der Waals surface area contributed by atoms with Crippen LogP contribution in [0.2, 0.25) is 0 Å². The number of hydrogen-bond donors (Lipinski definition) is 2. The van der Waals surface area contributed by atoms with Gasteiger partial charge in [0.05, 0.1) is 22.6 Å². The van der Waals surface area contributed by atoms with Crippen LogP contribution >= 0.6 is 0 Å². The van der Waals surface area contributed by atoms with Crippen LogP contribution in [0.5, 0.6) is 0 Å². The summed E-state index contributed by atoms with van der Waals surface area (Å²) in [5.41, 5.74) is 6.17. The number of aryl methyl sites for hydroxylation is 1. The third-order valence-corrected chi connectivity index (χ3v) is 5.41. The zero-order valence-electron chi connectivity index (χ0n) is 16.8. The number of nitrogens with zero attached hydrogens (tertiary/aromatic N) is 3. The van der Waals surface area contributed by atoms with E-state index in [1.54, 1.807) is 12.4 Å². The van der Waals surface area contributed by atoms with Crippen LogP contribution in [-0.2, 0) is 4.79 Å². The summed E-state index contributed by atoms with van der Waals surface area (Å²) in [6.45, 7) is 3.94. The van der Waals surface area contributed by atoms with Crippen LogP contribution in [-0.4, -0.2) is 20.4 Å². The largest absolute Gasteiger partial charge is 0.329 e. The van der Waals surface area contributed by atoms with E-state index in [4.69, 9.17) is 4.98 Å². The lowest BCUT2D eigenvalue weighted by Crippen LogP contribution is -2.30. The zero-order valence-corrected chi connectivity index (χ0v) is 16.8. The maximum atomic E-state index is 13.5. The number of aromatic nitrogens is 3. The Hall–Kier alpha value is -3.93. The molecule has 2 aromatic carbocycles. The van der Waals surface area contributed by atoms with Gasteiger partial charge in [-0.3, -0.25) is 14.3 Å². The predicted molar refractivity (Wildman–Crippen MR) is 118 cm³/mol. The molecule has 0 saturated carbocycles. The molecular formula is C24H21N5O. The summed E-state index contributed by atoms with van der Waals surface area (Å²) in [5.74, 6) is 0.580. The first kappa shape index (κ1) is 18.1. The Bertz CT molecular complexity index is 1270. The summed E-state index contributed by atoms with van der Waals surface area (Å²) < 4.78 is 2.09. The Labute approximate surface area is 174 Å². The number of para-hydroxylation sites is 2. The highest BCUT2D eigenvalue weighted by atomic mass is 16.1. The van der Waals surface area contributed by atoms with E-state index < -0.39 is 0 Å². The molecule has 0 fully saturated rings. The molecule has 0 bridgehead atoms. The number of hydrogen-bond acceptors (Lipinski definition) is 4. The molecule has 148 valence electrons. The van der Waals surface area contributed by atoms with Gasteiger partial charge in [0, 0.05) is 23.8 Å². The number of amides is 1. The fourth-order valence-electron chi connectivity index (χ4n) is 3.95. The van der Waals surface area contributed by atoms with Crippen LogP contribution in [0.1, 0.15) is 24.1 Å². The molecule has 0 saturated heterocycles. The van der Waals surface area contributed by atoms with Gasteiger partial charge in [0.15, 0.2) is 0 Å². The van der Waals surface area contributed by atoms with E-state index >= 15 is 0 Å². The number of pyridine rings is 1. The molecule has 6 nitrogen and oxygen atoms in total. The first-order chi connectivity index (χ1) is 14.6. The summed E-state index contributed by atoms with van der Waals surface area (Å²) in [5, 5.41) is 6.38. The molecular weight excluding hydrogens is 374 g/mol. The smallest absolute Gasteiger partial charge is 0.255 e. The van der Waals surface area contributed by atoms with Gasteiger partial charge in [-0.25, -0.2) is 4.98 Å². The van der Waals surface area contributed by atoms with Crippen molar-refractivity contribution in [2.45, 2.75) is 19.9 Å². The molecule has 2 aromatic heterocycles. The van der Waals surface area contributed by atoms with Gasteiger partial charge in [-0.05, 0) is 55.8 Å². The number of benzene rings is 2. The lowest BCUT2D eigenvalue weighted by Gasteiger charge is -2.30. The van der Waals surface area contributed by atoms with E-state index in [1.807, 2.05) is 74.5 Å². The first-order valence-corrected chi connectivity index (χ1v) is 9.84. The van der Waals surface area contributed by atoms with E-state index in [0.29, 0.717) is 5.57 Å². The minimum absolute atomic E-state index is 0.144. The van der Waals surface area contributed by atoms with Crippen LogP contribution in [0.3, 0.4) is 0 Å². The standard InChI is InChI=1S/C24H21N5O/c1-15-7-9-18(10-8-15)27-23(30)21-16(2)26-24-28-19-5-3-4-6-20(19)29(24)22(21)17-11-13-25-14-12-17/h3-14,22H,1-2H3,(H,26,28)(H,27,30)/t22-/m0/s1. The number of carbonyl (C=O) groups excluding carboxylic acids is 1. The van der Waals surface area contributed by atoms with Gasteiger partial charge in [-0.1, -0.05) is 29.8 Å². The predicted octanol–water partition coefficient (Wildman–Crippen LogP) is 4.67. The Morgan fingerprint density at radius 2 is 1.73 bits per heavy atom. The summed E-state index contributed by atoms with van der Waals surface area (Å²) in [6.07, 6.45) is 3.50. The van der Waals surface area contributed by atoms with Crippen LogP contribution < -0.4 is 10.6 Å². The Kier molecular flexibility index (Phi) is 4.32. The van der Waals surface area contributed by atoms with Crippen LogP contribution in [0.15, 0.2) is 84.3 Å². The Morgan fingerprint density at radius 3 is 2.50 bits per heavy atom. The van der Waals surface area contributed by atoms with Gasteiger partial charge >= 0.3 is 0 Å². The third kappa shape index (κ3) is 3.03. The van der Waals surface area contributed by atoms with Gasteiger partial charge in [-0.15, -0.1) is 0 Å². The number of fused-ring (bicyclic) bond motifs is 3. The van der Waals surface area contributed by atoms with Crippen molar-refractivity contribution in [2.75, 3.05) is 10.6 Å². The van der Waals surface area contributed by atoms with Crippen molar-refractivity contribution in [1.29, 1.82) is 0 Å². The van der Waals surface area contributed by atoms with Crippen molar-refractivity contribution >= 4 is 28.6 Å². The zero-order chi connectivity index (χ0) is 20.7. The minimum atomic E-state index is -0.318. The van der Waals surface area contributed by atoms with E-state index in [-0.39, 0.29) is 11.9 Å². The van der Waals surface area contributed by atoms with Gasteiger partial charge in [0.25, 0.3) is 5.91 Å². The second-order valence-electron chi connectivity index (χ2n) is 7.46. The maximum absolute atomic E-state index is 13.5. The molecule has 4 aromatic rings. The number of anilines is 2. The van der Waals surface area contributed by atoms with Crippen LogP contribution in [0.25, 0.3) is 11.0 Å². The monoisotopic (exact) mass is 395 g/mol. The van der Waals surface area contributed by atoms with Crippen molar-refractivity contribution < 1.29 is 4.79 Å². The molecule has 0 unspecified atom stereocenters. The molecule has 3 heterocycles. The molecule has 1 atom stereocenters. The number of nitrogens with one attached hydrogen (secondary N) is 2. The fourth-order valence-corrected chi connectivity index (χ4v) is 3.95. The van der Waals surface area contributed by atoms with Gasteiger partial charge in [0.2, 0.25) is 5.95 Å². The maximum Gasteiger partial charge on any atom is 0.255 e. The van der Waals surface area contributed by atoms with Crippen molar-refractivity contribution in [3.8, 4) is 0 Å². The lowest BCUT2D eigenvalue weighted by molar-refractivity contribution is -0.113. The van der Waals surface area contributed by atoms with Crippen molar-refractivity contribution in [1.82, 2.24) is 14.5 Å². The molecule has 1 aliphatic rings. The van der Waals surface area contributed by atoms with Gasteiger partial charge in [-0.2, -0.15) is 0 Å². The summed E-state index contributed by atoms with van der Waals surface area (Å²) >= 11 is 0. The molecule has 30 heavy (non-hydrogen) atoms. The number of imidazole rings is 1. The lowest BCUT2D eigenvalue weighted by atomic mass is 9.95. The second kappa shape index (κ2) is 7.15. The number of rotatable bonds is 3. The van der Waals surface area contributed by atoms with E-state index in [2.05, 4.69) is 20.2 Å². The highest BCUT2D eigenvalue weighted by molar-refractivity contribution is 6.06. The van der Waals surface area contributed by atoms with Crippen molar-refractivity contribution in [3.63, 3.8) is 0 Å². The Morgan fingerprint density at radius 1 is 1.00 bits per heavy atom. The van der Waals surface area contributed by atoms with E-state index in [9.17, 15) is 4.79 Å². The molecule has 0 radical (unpaired) electrons. The van der Waals surface area contributed by atoms with Crippen LogP contribution in [0.4, 0.5) is 11.6 Å². The average Bonchev–Trinajstić information content (AvgIpc) is 3.12. The highest BCUT2D eigenvalue weighted by Gasteiger charge is 2.34. The molecule has 0 aliphatic carbocycles. The highest BCUT2D eigenvalue weighted by Crippen LogP contribution is 2.39. The summed E-state index contributed by atoms with van der Waals surface area (Å²) in [4.78, 5) is 22.3. The normalized spacial score (nSPS) is 15.6. The van der Waals surface area contributed by atoms with Crippen molar-refractivity contribution in [2.24, 2.45) is 0 Å². The average molecular weight is 395 g/mol. The SMILES string of the molecule is CC1=C(C(=O)Nc2ccc(C)cc2)[C@H](c2ccncc2)n2c(nc3ccccc32)N1. The second-order valence-corrected chi connectivity index (χ2v) is 7.46. The minimum Gasteiger partial charge on any atom is -0.329 e. The third-order valence-electron chi connectivity index (χ3n) is 5.41. The topological polar surface area (TPSA) is 71.8 Å². The number of carbonyl (C=O) groups is 1. The first-order valence-electron chi connectivity index (χ1n) is 9.84. The van der Waals surface area contributed by atoms with Gasteiger partial charge in [0.1, 0.15) is 0 Å². The Balaban J connectivity index is 1.65. The number of allylic oxidation sites excluding steroid dienone is 1. The molecule has 1 aliphatic heterocycles. The molecule has 1 amide bonds.